The van der Waals surface area contributed by atoms with Crippen LogP contribution in [0.4, 0.5) is 10.1 Å². The molecule has 144 valence electrons. The van der Waals surface area contributed by atoms with E-state index in [1.54, 1.807) is 42.6 Å². The number of aryl methyl sites for hydroxylation is 1. The lowest BCUT2D eigenvalue weighted by Gasteiger charge is -2.05. The molecule has 2 nitrogen and oxygen atoms in total. The largest absolute Gasteiger partial charge is 0.256 e. The number of nitriles is 1. The summed E-state index contributed by atoms with van der Waals surface area (Å²) >= 11 is 0. The molecular formula is C26H23FN2. The molecule has 3 rings (SSSR count). The minimum atomic E-state index is -0.334. The molecule has 0 atom stereocenters. The van der Waals surface area contributed by atoms with Gasteiger partial charge in [0.25, 0.3) is 0 Å². The summed E-state index contributed by atoms with van der Waals surface area (Å²) < 4.78 is 14.5. The Balaban J connectivity index is 1.65. The number of hydrogen-bond acceptors (Lipinski definition) is 2. The highest BCUT2D eigenvalue weighted by atomic mass is 19.1. The van der Waals surface area contributed by atoms with Crippen LogP contribution in [-0.2, 0) is 6.42 Å². The number of nitrogens with zero attached hydrogens (tertiary/aromatic N) is 2. The van der Waals surface area contributed by atoms with Crippen LogP contribution in [0.2, 0.25) is 0 Å². The molecule has 0 heterocycles. The second-order valence-corrected chi connectivity index (χ2v) is 6.89. The fourth-order valence-corrected chi connectivity index (χ4v) is 3.08. The molecule has 0 unspecified atom stereocenters. The Morgan fingerprint density at radius 3 is 2.38 bits per heavy atom. The molecule has 3 aromatic carbocycles. The van der Waals surface area contributed by atoms with E-state index in [9.17, 15) is 4.39 Å². The first-order valence-electron chi connectivity index (χ1n) is 9.73. The lowest BCUT2D eigenvalue weighted by atomic mass is 10.0. The SMILES string of the molecule is C=CCCCCc1ccc(C=Nc2ccc(-c3ccc(C#N)cc3)c(F)c2)cc1. The zero-order chi connectivity index (χ0) is 20.5. The molecule has 29 heavy (non-hydrogen) atoms. The Bertz CT molecular complexity index is 1030. The van der Waals surface area contributed by atoms with Crippen molar-refractivity contribution in [2.24, 2.45) is 4.99 Å². The summed E-state index contributed by atoms with van der Waals surface area (Å²) in [6.07, 6.45) is 8.15. The minimum Gasteiger partial charge on any atom is -0.256 e. The molecule has 3 heteroatoms. The highest BCUT2D eigenvalue weighted by Crippen LogP contribution is 2.26. The predicted molar refractivity (Wildman–Crippen MR) is 118 cm³/mol. The molecule has 0 aliphatic carbocycles. The van der Waals surface area contributed by atoms with Crippen LogP contribution < -0.4 is 0 Å². The fourth-order valence-electron chi connectivity index (χ4n) is 3.08. The first kappa shape index (κ1) is 20.2. The van der Waals surface area contributed by atoms with E-state index in [4.69, 9.17) is 5.26 Å². The van der Waals surface area contributed by atoms with E-state index in [2.05, 4.69) is 29.8 Å². The third kappa shape index (κ3) is 5.73. The number of benzene rings is 3. The van der Waals surface area contributed by atoms with Crippen LogP contribution in [0.5, 0.6) is 0 Å². The fraction of sp³-hybridized carbons (Fsp3) is 0.154. The van der Waals surface area contributed by atoms with Crippen LogP contribution in [0.25, 0.3) is 11.1 Å². The zero-order valence-electron chi connectivity index (χ0n) is 16.3. The maximum atomic E-state index is 14.5. The second-order valence-electron chi connectivity index (χ2n) is 6.89. The van der Waals surface area contributed by atoms with Crippen molar-refractivity contribution in [1.82, 2.24) is 0 Å². The van der Waals surface area contributed by atoms with Crippen molar-refractivity contribution < 1.29 is 4.39 Å². The molecule has 0 amide bonds. The summed E-state index contributed by atoms with van der Waals surface area (Å²) in [6.45, 7) is 3.75. The average Bonchev–Trinajstić information content (AvgIpc) is 2.76. The van der Waals surface area contributed by atoms with Gasteiger partial charge < -0.3 is 0 Å². The molecular weight excluding hydrogens is 359 g/mol. The van der Waals surface area contributed by atoms with Gasteiger partial charge in [-0.2, -0.15) is 5.26 Å². The van der Waals surface area contributed by atoms with Crippen LogP contribution in [0.1, 0.15) is 36.0 Å². The molecule has 0 aromatic heterocycles. The molecule has 0 fully saturated rings. The monoisotopic (exact) mass is 382 g/mol. The predicted octanol–water partition coefficient (Wildman–Crippen LogP) is 7.01. The van der Waals surface area contributed by atoms with Gasteiger partial charge in [0.2, 0.25) is 0 Å². The first-order chi connectivity index (χ1) is 14.2. The van der Waals surface area contributed by atoms with Gasteiger partial charge in [-0.25, -0.2) is 4.39 Å². The van der Waals surface area contributed by atoms with Gasteiger partial charge in [0.15, 0.2) is 0 Å². The lowest BCUT2D eigenvalue weighted by Crippen LogP contribution is -1.88. The molecule has 0 saturated carbocycles. The topological polar surface area (TPSA) is 36.1 Å². The van der Waals surface area contributed by atoms with Gasteiger partial charge in [-0.3, -0.25) is 4.99 Å². The molecule has 0 aliphatic rings. The normalized spacial score (nSPS) is 10.8. The second kappa shape index (κ2) is 10.1. The molecule has 0 saturated heterocycles. The van der Waals surface area contributed by atoms with Crippen molar-refractivity contribution in [3.05, 3.63) is 102 Å². The van der Waals surface area contributed by atoms with Crippen LogP contribution in [0, 0.1) is 17.1 Å². The summed E-state index contributed by atoms with van der Waals surface area (Å²) in [7, 11) is 0. The lowest BCUT2D eigenvalue weighted by molar-refractivity contribution is 0.631. The number of halogens is 1. The maximum Gasteiger partial charge on any atom is 0.133 e. The summed E-state index contributed by atoms with van der Waals surface area (Å²) in [5.74, 6) is -0.334. The Labute approximate surface area is 171 Å². The molecule has 0 radical (unpaired) electrons. The Morgan fingerprint density at radius 1 is 0.966 bits per heavy atom. The summed E-state index contributed by atoms with van der Waals surface area (Å²) in [5.41, 5.74) is 4.64. The molecule has 0 N–H and O–H groups in total. The summed E-state index contributed by atoms with van der Waals surface area (Å²) in [5, 5.41) is 8.87. The van der Waals surface area contributed by atoms with E-state index in [1.165, 1.54) is 11.6 Å². The number of aliphatic imine (C=N–C) groups is 1. The quantitative estimate of drug-likeness (QED) is 0.234. The van der Waals surface area contributed by atoms with E-state index in [-0.39, 0.29) is 5.82 Å². The van der Waals surface area contributed by atoms with Crippen molar-refractivity contribution in [3.63, 3.8) is 0 Å². The van der Waals surface area contributed by atoms with Crippen molar-refractivity contribution in [3.8, 4) is 17.2 Å². The van der Waals surface area contributed by atoms with Gasteiger partial charge in [-0.1, -0.05) is 42.5 Å². The number of allylic oxidation sites excluding steroid dienone is 1. The van der Waals surface area contributed by atoms with E-state index < -0.39 is 0 Å². The van der Waals surface area contributed by atoms with Crippen LogP contribution in [0.3, 0.4) is 0 Å². The zero-order valence-corrected chi connectivity index (χ0v) is 16.3. The van der Waals surface area contributed by atoms with Gasteiger partial charge in [-0.15, -0.1) is 6.58 Å². The third-order valence-electron chi connectivity index (χ3n) is 4.74. The molecule has 0 spiro atoms. The molecule has 0 aliphatic heterocycles. The third-order valence-corrected chi connectivity index (χ3v) is 4.74. The Morgan fingerprint density at radius 2 is 1.72 bits per heavy atom. The van der Waals surface area contributed by atoms with Gasteiger partial charge >= 0.3 is 0 Å². The first-order valence-corrected chi connectivity index (χ1v) is 9.73. The highest BCUT2D eigenvalue weighted by Gasteiger charge is 2.06. The van der Waals surface area contributed by atoms with Gasteiger partial charge in [0, 0.05) is 17.8 Å². The van der Waals surface area contributed by atoms with Gasteiger partial charge in [0.1, 0.15) is 5.82 Å². The summed E-state index contributed by atoms with van der Waals surface area (Å²) in [6, 6.07) is 22.2. The van der Waals surface area contributed by atoms with Crippen molar-refractivity contribution in [2.75, 3.05) is 0 Å². The van der Waals surface area contributed by atoms with Gasteiger partial charge in [-0.05, 0) is 66.6 Å². The van der Waals surface area contributed by atoms with E-state index >= 15 is 0 Å². The average molecular weight is 382 g/mol. The van der Waals surface area contributed by atoms with Crippen molar-refractivity contribution in [2.45, 2.75) is 25.7 Å². The number of hydrogen-bond donors (Lipinski definition) is 0. The van der Waals surface area contributed by atoms with Gasteiger partial charge in [0.05, 0.1) is 17.3 Å². The Kier molecular flexibility index (Phi) is 7.08. The van der Waals surface area contributed by atoms with Crippen molar-refractivity contribution >= 4 is 11.9 Å². The molecule has 0 bridgehead atoms. The smallest absolute Gasteiger partial charge is 0.133 e. The Hall–Kier alpha value is -3.51. The van der Waals surface area contributed by atoms with E-state index in [0.717, 1.165) is 36.8 Å². The maximum absolute atomic E-state index is 14.5. The standard InChI is InChI=1S/C26H23FN2/c1-2-3-4-5-6-20-7-9-22(10-8-20)19-29-24-15-16-25(26(27)17-24)23-13-11-21(18-28)12-14-23/h2,7-17,19H,1,3-6H2. The van der Waals surface area contributed by atoms with Crippen LogP contribution in [-0.4, -0.2) is 6.21 Å². The number of unbranched alkanes of at least 4 members (excludes halogenated alkanes) is 2. The van der Waals surface area contributed by atoms with E-state index in [1.807, 2.05) is 18.2 Å². The van der Waals surface area contributed by atoms with Crippen LogP contribution in [0.15, 0.2) is 84.4 Å². The van der Waals surface area contributed by atoms with E-state index in [0.29, 0.717) is 16.8 Å². The van der Waals surface area contributed by atoms with Crippen LogP contribution >= 0.6 is 0 Å². The van der Waals surface area contributed by atoms with Crippen molar-refractivity contribution in [1.29, 1.82) is 5.26 Å². The summed E-state index contributed by atoms with van der Waals surface area (Å²) in [4.78, 5) is 4.40. The molecule has 3 aromatic rings. The minimum absolute atomic E-state index is 0.334. The number of rotatable bonds is 8. The highest BCUT2D eigenvalue weighted by molar-refractivity contribution is 5.82.